The van der Waals surface area contributed by atoms with Crippen LogP contribution in [0.2, 0.25) is 0 Å². The Morgan fingerprint density at radius 2 is 2.05 bits per heavy atom. The number of rotatable bonds is 9. The number of anilines is 1. The van der Waals surface area contributed by atoms with E-state index in [4.69, 9.17) is 14.1 Å². The molecule has 1 unspecified atom stereocenters. The van der Waals surface area contributed by atoms with Gasteiger partial charge in [0, 0.05) is 17.1 Å². The van der Waals surface area contributed by atoms with Crippen LogP contribution < -0.4 is 10.5 Å². The van der Waals surface area contributed by atoms with Gasteiger partial charge in [-0.3, -0.25) is 8.98 Å². The Morgan fingerprint density at radius 1 is 1.21 bits per heavy atom. The molecule has 0 radical (unpaired) electrons. The SMILES string of the molecule is Cc1sc(C(=O)c2cncnc2N[C@H]2CC[C@@H](COS(N)(=O)=O)C2)cc1C1OCCc2ccc(C3CC3)cc21. The number of aryl methyl sites for hydroxylation is 1. The quantitative estimate of drug-likeness (QED) is 0.363. The molecule has 0 saturated heterocycles. The lowest BCUT2D eigenvalue weighted by molar-refractivity contribution is 0.0697. The van der Waals surface area contributed by atoms with Crippen LogP contribution in [0.5, 0.6) is 0 Å². The number of nitrogens with one attached hydrogen (secondary N) is 1. The molecule has 39 heavy (non-hydrogen) atoms. The standard InChI is InChI=1S/C28H32N4O5S2/c1-16-22(27-23-11-20(18-3-4-18)6-5-19(23)8-9-36-27)12-25(38-16)26(33)24-13-30-15-31-28(24)32-21-7-2-17(10-21)14-37-39(29,34)35/h5-6,11-13,15,17-18,21,27H,2-4,7-10,14H2,1H3,(H2,29,34,35)(H,30,31,32)/t17-,21+,27?/m1/s1. The van der Waals surface area contributed by atoms with Crippen LogP contribution >= 0.6 is 11.3 Å². The Hall–Kier alpha value is -2.70. The molecule has 206 valence electrons. The molecule has 3 atom stereocenters. The summed E-state index contributed by atoms with van der Waals surface area (Å²) in [6, 6.07) is 8.83. The van der Waals surface area contributed by atoms with Gasteiger partial charge in [-0.1, -0.05) is 18.2 Å². The van der Waals surface area contributed by atoms with Gasteiger partial charge in [-0.05, 0) is 85.6 Å². The number of nitrogens with two attached hydrogens (primary N) is 1. The summed E-state index contributed by atoms with van der Waals surface area (Å²) in [4.78, 5) is 23.9. The number of benzene rings is 1. The van der Waals surface area contributed by atoms with Gasteiger partial charge in [-0.15, -0.1) is 11.3 Å². The highest BCUT2D eigenvalue weighted by molar-refractivity contribution is 7.84. The first-order valence-electron chi connectivity index (χ1n) is 13.4. The Balaban J connectivity index is 1.20. The van der Waals surface area contributed by atoms with Gasteiger partial charge in [0.1, 0.15) is 18.2 Å². The normalized spacial score (nSPS) is 23.0. The van der Waals surface area contributed by atoms with Crippen molar-refractivity contribution < 1.29 is 22.1 Å². The lowest BCUT2D eigenvalue weighted by atomic mass is 9.90. The van der Waals surface area contributed by atoms with Crippen molar-refractivity contribution in [2.75, 3.05) is 18.5 Å². The van der Waals surface area contributed by atoms with Crippen molar-refractivity contribution in [3.8, 4) is 0 Å². The molecule has 2 aliphatic carbocycles. The predicted octanol–water partition coefficient (Wildman–Crippen LogP) is 4.42. The molecule has 2 aromatic heterocycles. The zero-order valence-electron chi connectivity index (χ0n) is 21.8. The summed E-state index contributed by atoms with van der Waals surface area (Å²) in [5.74, 6) is 1.07. The average Bonchev–Trinajstić information content (AvgIpc) is 3.56. The molecule has 1 aromatic carbocycles. The van der Waals surface area contributed by atoms with E-state index < -0.39 is 10.3 Å². The minimum atomic E-state index is -3.96. The van der Waals surface area contributed by atoms with Gasteiger partial charge in [-0.25, -0.2) is 15.1 Å². The summed E-state index contributed by atoms with van der Waals surface area (Å²) in [5.41, 5.74) is 5.38. The van der Waals surface area contributed by atoms with Gasteiger partial charge in [0.15, 0.2) is 0 Å². The summed E-state index contributed by atoms with van der Waals surface area (Å²) in [5, 5.41) is 8.34. The highest BCUT2D eigenvalue weighted by atomic mass is 32.2. The van der Waals surface area contributed by atoms with Crippen molar-refractivity contribution in [1.82, 2.24) is 9.97 Å². The molecule has 3 aromatic rings. The third-order valence-electron chi connectivity index (χ3n) is 7.93. The number of ketones is 1. The number of aromatic nitrogens is 2. The number of carbonyl (C=O) groups excluding carboxylic acids is 1. The van der Waals surface area contributed by atoms with E-state index in [1.165, 1.54) is 47.2 Å². The van der Waals surface area contributed by atoms with Crippen molar-refractivity contribution in [1.29, 1.82) is 0 Å². The van der Waals surface area contributed by atoms with E-state index in [-0.39, 0.29) is 30.5 Å². The molecule has 3 heterocycles. The van der Waals surface area contributed by atoms with E-state index in [0.717, 1.165) is 29.7 Å². The lowest BCUT2D eigenvalue weighted by Gasteiger charge is -2.27. The zero-order valence-corrected chi connectivity index (χ0v) is 23.4. The van der Waals surface area contributed by atoms with Crippen molar-refractivity contribution >= 4 is 33.2 Å². The van der Waals surface area contributed by atoms with Crippen molar-refractivity contribution in [2.45, 2.75) is 63.5 Å². The minimum Gasteiger partial charge on any atom is -0.368 e. The molecule has 11 heteroatoms. The van der Waals surface area contributed by atoms with Gasteiger partial charge in [0.05, 0.1) is 23.7 Å². The van der Waals surface area contributed by atoms with E-state index in [1.54, 1.807) is 6.20 Å². The van der Waals surface area contributed by atoms with Crippen LogP contribution in [0.15, 0.2) is 36.8 Å². The second-order valence-electron chi connectivity index (χ2n) is 10.8. The minimum absolute atomic E-state index is 0.0361. The third-order valence-corrected chi connectivity index (χ3v) is 9.46. The second kappa shape index (κ2) is 10.7. The maximum atomic E-state index is 13.7. The van der Waals surface area contributed by atoms with Crippen molar-refractivity contribution in [2.24, 2.45) is 11.1 Å². The summed E-state index contributed by atoms with van der Waals surface area (Å²) in [6.07, 6.45) is 8.49. The molecule has 0 amide bonds. The fourth-order valence-electron chi connectivity index (χ4n) is 5.74. The smallest absolute Gasteiger partial charge is 0.333 e. The van der Waals surface area contributed by atoms with E-state index >= 15 is 0 Å². The number of carbonyl (C=O) groups is 1. The average molecular weight is 569 g/mol. The Labute approximate surface area is 232 Å². The summed E-state index contributed by atoms with van der Waals surface area (Å²) in [7, 11) is -3.96. The number of nitrogens with zero attached hydrogens (tertiary/aromatic N) is 2. The van der Waals surface area contributed by atoms with Gasteiger partial charge >= 0.3 is 10.3 Å². The summed E-state index contributed by atoms with van der Waals surface area (Å²) >= 11 is 1.47. The largest absolute Gasteiger partial charge is 0.368 e. The number of fused-ring (bicyclic) bond motifs is 1. The van der Waals surface area contributed by atoms with Crippen LogP contribution in [0, 0.1) is 12.8 Å². The van der Waals surface area contributed by atoms with Crippen LogP contribution in [-0.2, 0) is 25.6 Å². The number of thiophene rings is 1. The first-order chi connectivity index (χ1) is 18.7. The van der Waals surface area contributed by atoms with Crippen LogP contribution in [-0.4, -0.2) is 43.4 Å². The Kier molecular flexibility index (Phi) is 7.28. The third kappa shape index (κ3) is 5.92. The Bertz CT molecular complexity index is 1500. The first-order valence-corrected chi connectivity index (χ1v) is 15.7. The molecule has 1 aliphatic heterocycles. The van der Waals surface area contributed by atoms with E-state index in [2.05, 4.69) is 33.5 Å². The molecule has 0 spiro atoms. The highest BCUT2D eigenvalue weighted by Gasteiger charge is 2.31. The Morgan fingerprint density at radius 3 is 2.85 bits per heavy atom. The molecule has 2 saturated carbocycles. The monoisotopic (exact) mass is 568 g/mol. The van der Waals surface area contributed by atoms with E-state index in [1.807, 2.05) is 13.0 Å². The number of hydrogen-bond acceptors (Lipinski definition) is 9. The van der Waals surface area contributed by atoms with Gasteiger partial charge < -0.3 is 10.1 Å². The van der Waals surface area contributed by atoms with Gasteiger partial charge in [0.2, 0.25) is 5.78 Å². The molecule has 3 aliphatic rings. The summed E-state index contributed by atoms with van der Waals surface area (Å²) < 4.78 is 33.3. The topological polar surface area (TPSA) is 133 Å². The fourth-order valence-corrected chi connectivity index (χ4v) is 7.13. The van der Waals surface area contributed by atoms with Gasteiger partial charge in [-0.2, -0.15) is 8.42 Å². The molecule has 9 nitrogen and oxygen atoms in total. The fraction of sp³-hybridized carbons (Fsp3) is 0.464. The molecular formula is C28H32N4O5S2. The molecule has 3 N–H and O–H groups in total. The van der Waals surface area contributed by atoms with Crippen LogP contribution in [0.25, 0.3) is 0 Å². The molecule has 6 rings (SSSR count). The van der Waals surface area contributed by atoms with Crippen LogP contribution in [0.3, 0.4) is 0 Å². The molecule has 0 bridgehead atoms. The van der Waals surface area contributed by atoms with E-state index in [0.29, 0.717) is 35.2 Å². The maximum absolute atomic E-state index is 13.7. The van der Waals surface area contributed by atoms with Crippen LogP contribution in [0.1, 0.15) is 86.5 Å². The highest BCUT2D eigenvalue weighted by Crippen LogP contribution is 2.44. The van der Waals surface area contributed by atoms with Crippen LogP contribution in [0.4, 0.5) is 5.82 Å². The van der Waals surface area contributed by atoms with Gasteiger partial charge in [0.25, 0.3) is 0 Å². The number of ether oxygens (including phenoxy) is 1. The van der Waals surface area contributed by atoms with E-state index in [9.17, 15) is 13.2 Å². The summed E-state index contributed by atoms with van der Waals surface area (Å²) in [6.45, 7) is 2.75. The zero-order chi connectivity index (χ0) is 27.1. The molecule has 2 fully saturated rings. The second-order valence-corrected chi connectivity index (χ2v) is 13.2. The van der Waals surface area contributed by atoms with Crippen molar-refractivity contribution in [3.63, 3.8) is 0 Å². The van der Waals surface area contributed by atoms with Crippen molar-refractivity contribution in [3.05, 3.63) is 74.4 Å². The first kappa shape index (κ1) is 26.5. The number of hydrogen-bond donors (Lipinski definition) is 2. The lowest BCUT2D eigenvalue weighted by Crippen LogP contribution is -2.22. The maximum Gasteiger partial charge on any atom is 0.333 e. The predicted molar refractivity (Wildman–Crippen MR) is 148 cm³/mol. The molecular weight excluding hydrogens is 536 g/mol.